The lowest BCUT2D eigenvalue weighted by atomic mass is 9.94. The zero-order chi connectivity index (χ0) is 19.0. The Morgan fingerprint density at radius 1 is 1.08 bits per heavy atom. The molecule has 0 spiro atoms. The largest absolute Gasteiger partial charge is 0.241 e. The van der Waals surface area contributed by atoms with Crippen LogP contribution >= 0.6 is 0 Å². The molecule has 26 heavy (non-hydrogen) atoms. The number of nitrogens with one attached hydrogen (secondary N) is 1. The summed E-state index contributed by atoms with van der Waals surface area (Å²) in [6.07, 6.45) is 3.30. The van der Waals surface area contributed by atoms with Crippen LogP contribution in [0.1, 0.15) is 23.6 Å². The summed E-state index contributed by atoms with van der Waals surface area (Å²) in [6.45, 7) is 1.88. The van der Waals surface area contributed by atoms with E-state index < -0.39 is 22.0 Å². The fourth-order valence-corrected chi connectivity index (χ4v) is 3.71. The van der Waals surface area contributed by atoms with Crippen molar-refractivity contribution in [2.45, 2.75) is 24.3 Å². The van der Waals surface area contributed by atoms with Crippen molar-refractivity contribution in [2.24, 2.45) is 5.92 Å². The average molecular weight is 365 g/mol. The molecule has 0 saturated carbocycles. The van der Waals surface area contributed by atoms with E-state index in [1.54, 1.807) is 48.6 Å². The van der Waals surface area contributed by atoms with Crippen molar-refractivity contribution in [1.29, 1.82) is 10.5 Å². The predicted octanol–water partition coefficient (Wildman–Crippen LogP) is 3.62. The van der Waals surface area contributed by atoms with E-state index in [-0.39, 0.29) is 11.3 Å². The quantitative estimate of drug-likeness (QED) is 0.758. The third-order valence-electron chi connectivity index (χ3n) is 3.83. The molecule has 132 valence electrons. The first-order valence-electron chi connectivity index (χ1n) is 8.05. The molecule has 1 N–H and O–H groups in total. The van der Waals surface area contributed by atoms with E-state index in [1.165, 1.54) is 12.1 Å². The zero-order valence-corrected chi connectivity index (χ0v) is 15.1. The summed E-state index contributed by atoms with van der Waals surface area (Å²) in [5.74, 6) is -0.744. The second kappa shape index (κ2) is 8.96. The van der Waals surface area contributed by atoms with Gasteiger partial charge < -0.3 is 0 Å². The number of aryl methyl sites for hydroxylation is 1. The Labute approximate surface area is 154 Å². The molecule has 0 aliphatic heterocycles. The van der Waals surface area contributed by atoms with E-state index in [1.807, 2.05) is 19.1 Å². The fourth-order valence-electron chi connectivity index (χ4n) is 2.46. The van der Waals surface area contributed by atoms with E-state index >= 15 is 0 Å². The highest BCUT2D eigenvalue weighted by molar-refractivity contribution is 7.89. The molecule has 2 rings (SSSR count). The van der Waals surface area contributed by atoms with Crippen LogP contribution in [0.2, 0.25) is 0 Å². The molecule has 0 radical (unpaired) electrons. The summed E-state index contributed by atoms with van der Waals surface area (Å²) in [5, 5.41) is 18.2. The molecule has 0 amide bonds. The standard InChI is InChI=1S/C20H19N3O2S/c1-16-10-12-19(13-11-16)26(24,25)23-20(17-7-3-2-4-8-17)18(15-22)9-5-6-14-21/h2-5,7-13,18,20,23H,6H2,1H3/b9-5+. The van der Waals surface area contributed by atoms with Gasteiger partial charge in [-0.3, -0.25) is 0 Å². The maximum absolute atomic E-state index is 12.8. The molecule has 6 heteroatoms. The van der Waals surface area contributed by atoms with E-state index in [4.69, 9.17) is 5.26 Å². The van der Waals surface area contributed by atoms with Gasteiger partial charge in [-0.25, -0.2) is 13.1 Å². The molecule has 2 aromatic rings. The number of nitriles is 2. The van der Waals surface area contributed by atoms with Gasteiger partial charge in [0, 0.05) is 0 Å². The molecule has 0 saturated heterocycles. The van der Waals surface area contributed by atoms with Crippen LogP contribution in [0.3, 0.4) is 0 Å². The summed E-state index contributed by atoms with van der Waals surface area (Å²) < 4.78 is 28.2. The van der Waals surface area contributed by atoms with Gasteiger partial charge in [0.1, 0.15) is 0 Å². The number of rotatable bonds is 7. The summed E-state index contributed by atoms with van der Waals surface area (Å²) in [7, 11) is -3.81. The molecule has 2 unspecified atom stereocenters. The molecule has 0 fully saturated rings. The van der Waals surface area contributed by atoms with Crippen LogP contribution in [-0.4, -0.2) is 8.42 Å². The molecule has 2 atom stereocenters. The molecule has 0 aromatic heterocycles. The van der Waals surface area contributed by atoms with E-state index in [2.05, 4.69) is 10.8 Å². The minimum atomic E-state index is -3.81. The van der Waals surface area contributed by atoms with Crippen molar-refractivity contribution < 1.29 is 8.42 Å². The van der Waals surface area contributed by atoms with Crippen LogP contribution < -0.4 is 4.72 Å². The van der Waals surface area contributed by atoms with Gasteiger partial charge in [-0.1, -0.05) is 60.2 Å². The lowest BCUT2D eigenvalue weighted by molar-refractivity contribution is 0.527. The average Bonchev–Trinajstić information content (AvgIpc) is 2.65. The first kappa shape index (κ1) is 19.4. The predicted molar refractivity (Wildman–Crippen MR) is 99.2 cm³/mol. The topological polar surface area (TPSA) is 93.8 Å². The Hall–Kier alpha value is -2.93. The first-order chi connectivity index (χ1) is 12.5. The third kappa shape index (κ3) is 5.03. The second-order valence-corrected chi connectivity index (χ2v) is 7.48. The number of sulfonamides is 1. The van der Waals surface area contributed by atoms with Crippen molar-refractivity contribution >= 4 is 10.0 Å². The molecule has 2 aromatic carbocycles. The Morgan fingerprint density at radius 2 is 1.73 bits per heavy atom. The molecule has 0 aliphatic carbocycles. The van der Waals surface area contributed by atoms with E-state index in [0.717, 1.165) is 5.56 Å². The van der Waals surface area contributed by atoms with Gasteiger partial charge in [-0.2, -0.15) is 10.5 Å². The molecule has 0 heterocycles. The smallest absolute Gasteiger partial charge is 0.207 e. The second-order valence-electron chi connectivity index (χ2n) is 5.77. The van der Waals surface area contributed by atoms with E-state index in [0.29, 0.717) is 5.56 Å². The van der Waals surface area contributed by atoms with Gasteiger partial charge in [-0.05, 0) is 24.6 Å². The number of hydrogen-bond donors (Lipinski definition) is 1. The van der Waals surface area contributed by atoms with Gasteiger partial charge in [0.15, 0.2) is 0 Å². The number of allylic oxidation sites excluding steroid dienone is 1. The Morgan fingerprint density at radius 3 is 2.31 bits per heavy atom. The summed E-state index contributed by atoms with van der Waals surface area (Å²) in [4.78, 5) is 0.140. The monoisotopic (exact) mass is 365 g/mol. The van der Waals surface area contributed by atoms with Crippen LogP contribution in [0, 0.1) is 35.5 Å². The van der Waals surface area contributed by atoms with Crippen LogP contribution in [0.15, 0.2) is 71.6 Å². The maximum Gasteiger partial charge on any atom is 0.241 e. The minimum absolute atomic E-state index is 0.140. The molecule has 0 bridgehead atoms. The van der Waals surface area contributed by atoms with Crippen molar-refractivity contribution in [3.63, 3.8) is 0 Å². The minimum Gasteiger partial charge on any atom is -0.207 e. The summed E-state index contributed by atoms with van der Waals surface area (Å²) in [6, 6.07) is 18.8. The molecule has 0 aliphatic rings. The Kier molecular flexibility index (Phi) is 6.68. The highest BCUT2D eigenvalue weighted by atomic mass is 32.2. The zero-order valence-electron chi connectivity index (χ0n) is 14.3. The van der Waals surface area contributed by atoms with Crippen LogP contribution in [0.4, 0.5) is 0 Å². The van der Waals surface area contributed by atoms with Crippen molar-refractivity contribution in [2.75, 3.05) is 0 Å². The summed E-state index contributed by atoms with van der Waals surface area (Å²) in [5.41, 5.74) is 1.63. The Balaban J connectivity index is 2.40. The first-order valence-corrected chi connectivity index (χ1v) is 9.53. The van der Waals surface area contributed by atoms with Crippen LogP contribution in [0.5, 0.6) is 0 Å². The molecule has 5 nitrogen and oxygen atoms in total. The number of nitrogens with zero attached hydrogens (tertiary/aromatic N) is 2. The van der Waals surface area contributed by atoms with Gasteiger partial charge in [-0.15, -0.1) is 0 Å². The Bertz CT molecular complexity index is 937. The van der Waals surface area contributed by atoms with Crippen LogP contribution in [0.25, 0.3) is 0 Å². The highest BCUT2D eigenvalue weighted by Gasteiger charge is 2.27. The van der Waals surface area contributed by atoms with Crippen molar-refractivity contribution in [3.05, 3.63) is 77.9 Å². The fraction of sp³-hybridized carbons (Fsp3) is 0.200. The SMILES string of the molecule is Cc1ccc(S(=O)(=O)NC(c2ccccc2)C(C#N)/C=C/CC#N)cc1. The lowest BCUT2D eigenvalue weighted by Crippen LogP contribution is -2.32. The lowest BCUT2D eigenvalue weighted by Gasteiger charge is -2.22. The van der Waals surface area contributed by atoms with Crippen LogP contribution in [-0.2, 0) is 10.0 Å². The highest BCUT2D eigenvalue weighted by Crippen LogP contribution is 2.26. The van der Waals surface area contributed by atoms with Crippen molar-refractivity contribution in [3.8, 4) is 12.1 Å². The van der Waals surface area contributed by atoms with Gasteiger partial charge in [0.2, 0.25) is 10.0 Å². The number of hydrogen-bond acceptors (Lipinski definition) is 4. The van der Waals surface area contributed by atoms with Gasteiger partial charge >= 0.3 is 0 Å². The van der Waals surface area contributed by atoms with Crippen molar-refractivity contribution in [1.82, 2.24) is 4.72 Å². The third-order valence-corrected chi connectivity index (χ3v) is 5.29. The van der Waals surface area contributed by atoms with Gasteiger partial charge in [0.05, 0.1) is 35.4 Å². The maximum atomic E-state index is 12.8. The van der Waals surface area contributed by atoms with Gasteiger partial charge in [0.25, 0.3) is 0 Å². The normalized spacial score (nSPS) is 13.7. The van der Waals surface area contributed by atoms with E-state index in [9.17, 15) is 13.7 Å². The molecular formula is C20H19N3O2S. The number of benzene rings is 2. The summed E-state index contributed by atoms with van der Waals surface area (Å²) >= 11 is 0. The molecular weight excluding hydrogens is 346 g/mol.